The molecule has 2 aromatic heterocycles. The lowest BCUT2D eigenvalue weighted by Gasteiger charge is -2.32. The van der Waals surface area contributed by atoms with E-state index in [2.05, 4.69) is 20.2 Å². The molecule has 0 saturated carbocycles. The highest BCUT2D eigenvalue weighted by Gasteiger charge is 2.30. The van der Waals surface area contributed by atoms with Crippen molar-refractivity contribution in [3.05, 3.63) is 40.7 Å². The van der Waals surface area contributed by atoms with Crippen LogP contribution in [0, 0.1) is 6.92 Å². The van der Waals surface area contributed by atoms with Gasteiger partial charge >= 0.3 is 0 Å². The van der Waals surface area contributed by atoms with Crippen molar-refractivity contribution in [2.45, 2.75) is 45.1 Å². The third-order valence-electron chi connectivity index (χ3n) is 5.02. The summed E-state index contributed by atoms with van der Waals surface area (Å²) in [7, 11) is 0. The maximum Gasteiger partial charge on any atom is 0.274 e. The molecule has 2 aromatic rings. The van der Waals surface area contributed by atoms with E-state index in [1.165, 1.54) is 0 Å². The van der Waals surface area contributed by atoms with Gasteiger partial charge in [0, 0.05) is 35.7 Å². The van der Waals surface area contributed by atoms with Crippen molar-refractivity contribution in [2.24, 2.45) is 0 Å². The predicted octanol–water partition coefficient (Wildman–Crippen LogP) is 1.47. The molecule has 0 spiro atoms. The number of amides is 1. The number of rotatable bonds is 4. The Kier molecular flexibility index (Phi) is 4.48. The summed E-state index contributed by atoms with van der Waals surface area (Å²) < 4.78 is 5.85. The first-order valence-electron chi connectivity index (χ1n) is 8.95. The van der Waals surface area contributed by atoms with Crippen LogP contribution in [0.5, 0.6) is 0 Å². The molecule has 0 aromatic carbocycles. The summed E-state index contributed by atoms with van der Waals surface area (Å²) in [6, 6.07) is 2.00. The summed E-state index contributed by atoms with van der Waals surface area (Å²) in [6.07, 6.45) is 6.37. The lowest BCUT2D eigenvalue weighted by molar-refractivity contribution is -0.0249. The summed E-state index contributed by atoms with van der Waals surface area (Å²) in [5, 5.41) is 7.29. The number of morpholine rings is 1. The lowest BCUT2D eigenvalue weighted by atomic mass is 10.1. The minimum absolute atomic E-state index is 0.0329. The van der Waals surface area contributed by atoms with Crippen LogP contribution in [0.3, 0.4) is 0 Å². The molecule has 1 aliphatic carbocycles. The van der Waals surface area contributed by atoms with E-state index in [1.807, 2.05) is 17.9 Å². The Morgan fingerprint density at radius 2 is 2.32 bits per heavy atom. The van der Waals surface area contributed by atoms with Crippen LogP contribution in [-0.2, 0) is 24.0 Å². The average Bonchev–Trinajstić information content (AvgIpc) is 3.23. The van der Waals surface area contributed by atoms with Gasteiger partial charge in [-0.05, 0) is 45.1 Å². The first-order valence-corrected chi connectivity index (χ1v) is 8.95. The lowest BCUT2D eigenvalue weighted by Crippen LogP contribution is -2.46. The van der Waals surface area contributed by atoms with Gasteiger partial charge in [-0.3, -0.25) is 9.89 Å². The van der Waals surface area contributed by atoms with Crippen LogP contribution in [-0.4, -0.2) is 56.8 Å². The van der Waals surface area contributed by atoms with Gasteiger partial charge in [0.25, 0.3) is 5.91 Å². The molecule has 3 heterocycles. The Bertz CT molecular complexity index is 773. The summed E-state index contributed by atoms with van der Waals surface area (Å²) in [5.41, 5.74) is 4.85. The number of aromatic nitrogens is 4. The van der Waals surface area contributed by atoms with Gasteiger partial charge in [-0.1, -0.05) is 0 Å². The quantitative estimate of drug-likeness (QED) is 0.910. The van der Waals surface area contributed by atoms with E-state index in [-0.39, 0.29) is 12.0 Å². The Morgan fingerprint density at radius 3 is 3.20 bits per heavy atom. The molecule has 1 fully saturated rings. The fraction of sp³-hybridized carbons (Fsp3) is 0.556. The van der Waals surface area contributed by atoms with Crippen LogP contribution in [0.15, 0.2) is 12.4 Å². The molecule has 0 bridgehead atoms. The Morgan fingerprint density at radius 1 is 1.40 bits per heavy atom. The van der Waals surface area contributed by atoms with Gasteiger partial charge in [0.05, 0.1) is 12.7 Å². The molecule has 25 heavy (non-hydrogen) atoms. The molecule has 7 nitrogen and oxygen atoms in total. The number of fused-ring (bicyclic) bond motifs is 1. The van der Waals surface area contributed by atoms with E-state index in [1.54, 1.807) is 6.33 Å². The zero-order valence-corrected chi connectivity index (χ0v) is 14.5. The zero-order valence-electron chi connectivity index (χ0n) is 14.5. The minimum atomic E-state index is 0.0329. The van der Waals surface area contributed by atoms with Gasteiger partial charge in [-0.15, -0.1) is 0 Å². The summed E-state index contributed by atoms with van der Waals surface area (Å²) >= 11 is 0. The number of carbonyl (C=O) groups excluding carboxylic acids is 1. The molecular formula is C18H23N5O2. The smallest absolute Gasteiger partial charge is 0.274 e. The molecule has 1 N–H and O–H groups in total. The van der Waals surface area contributed by atoms with Gasteiger partial charge in [0.1, 0.15) is 6.33 Å². The number of nitrogens with one attached hydrogen (secondary N) is 1. The van der Waals surface area contributed by atoms with Crippen molar-refractivity contribution in [1.82, 2.24) is 25.1 Å². The van der Waals surface area contributed by atoms with Crippen molar-refractivity contribution < 1.29 is 9.53 Å². The van der Waals surface area contributed by atoms with Crippen molar-refractivity contribution in [2.75, 3.05) is 19.7 Å². The Hall–Kier alpha value is -2.28. The van der Waals surface area contributed by atoms with Gasteiger partial charge < -0.3 is 9.64 Å². The first-order chi connectivity index (χ1) is 12.2. The standard InChI is InChI=1S/C18H23N5O2/c1-12-9-13(20-11-19-12)5-6-14-10-23(7-8-25-14)18(24)17-15-3-2-4-16(15)21-22-17/h9,11,14H,2-8,10H2,1H3,(H,21,22). The molecule has 1 atom stereocenters. The van der Waals surface area contributed by atoms with Gasteiger partial charge in [-0.2, -0.15) is 5.10 Å². The highest BCUT2D eigenvalue weighted by molar-refractivity contribution is 5.94. The maximum atomic E-state index is 12.9. The number of aromatic amines is 1. The number of carbonyl (C=O) groups is 1. The van der Waals surface area contributed by atoms with Crippen molar-refractivity contribution >= 4 is 5.91 Å². The largest absolute Gasteiger partial charge is 0.375 e. The van der Waals surface area contributed by atoms with Crippen LogP contribution >= 0.6 is 0 Å². The fourth-order valence-corrected chi connectivity index (χ4v) is 3.68. The predicted molar refractivity (Wildman–Crippen MR) is 91.3 cm³/mol. The number of hydrogen-bond acceptors (Lipinski definition) is 5. The Labute approximate surface area is 146 Å². The molecule has 1 aliphatic heterocycles. The fourth-order valence-electron chi connectivity index (χ4n) is 3.68. The molecule has 4 rings (SSSR count). The molecule has 132 valence electrons. The molecule has 1 amide bonds. The molecule has 0 radical (unpaired) electrons. The van der Waals surface area contributed by atoms with Crippen LogP contribution in [0.4, 0.5) is 0 Å². The van der Waals surface area contributed by atoms with Crippen molar-refractivity contribution in [1.29, 1.82) is 0 Å². The number of hydrogen-bond donors (Lipinski definition) is 1. The maximum absolute atomic E-state index is 12.9. The second-order valence-electron chi connectivity index (χ2n) is 6.82. The minimum Gasteiger partial charge on any atom is -0.375 e. The topological polar surface area (TPSA) is 84.0 Å². The van der Waals surface area contributed by atoms with E-state index in [0.29, 0.717) is 25.4 Å². The molecule has 7 heteroatoms. The highest BCUT2D eigenvalue weighted by Crippen LogP contribution is 2.24. The first kappa shape index (κ1) is 16.2. The SMILES string of the molecule is Cc1cc(CCC2CN(C(=O)c3n[nH]c4c3CCC4)CCO2)ncn1. The van der Waals surface area contributed by atoms with Crippen molar-refractivity contribution in [3.8, 4) is 0 Å². The molecule has 2 aliphatic rings. The van der Waals surface area contributed by atoms with Crippen LogP contribution in [0.1, 0.15) is 46.0 Å². The molecular weight excluding hydrogens is 318 g/mol. The van der Waals surface area contributed by atoms with E-state index in [9.17, 15) is 4.79 Å². The van der Waals surface area contributed by atoms with Crippen molar-refractivity contribution in [3.63, 3.8) is 0 Å². The van der Waals surface area contributed by atoms with E-state index in [0.717, 1.165) is 54.7 Å². The second-order valence-corrected chi connectivity index (χ2v) is 6.82. The Balaban J connectivity index is 1.38. The van der Waals surface area contributed by atoms with Gasteiger partial charge in [0.15, 0.2) is 5.69 Å². The normalized spacial score (nSPS) is 19.9. The summed E-state index contributed by atoms with van der Waals surface area (Å²) in [5.74, 6) is 0.0329. The van der Waals surface area contributed by atoms with Gasteiger partial charge in [-0.25, -0.2) is 9.97 Å². The van der Waals surface area contributed by atoms with Crippen LogP contribution < -0.4 is 0 Å². The van der Waals surface area contributed by atoms with Crippen LogP contribution in [0.25, 0.3) is 0 Å². The molecule has 1 saturated heterocycles. The van der Waals surface area contributed by atoms with E-state index in [4.69, 9.17) is 4.74 Å². The van der Waals surface area contributed by atoms with E-state index >= 15 is 0 Å². The summed E-state index contributed by atoms with van der Waals surface area (Å²) in [6.45, 7) is 3.78. The zero-order chi connectivity index (χ0) is 17.2. The third kappa shape index (κ3) is 3.42. The monoisotopic (exact) mass is 341 g/mol. The van der Waals surface area contributed by atoms with Crippen LogP contribution in [0.2, 0.25) is 0 Å². The van der Waals surface area contributed by atoms with E-state index < -0.39 is 0 Å². The third-order valence-corrected chi connectivity index (χ3v) is 5.02. The number of H-pyrrole nitrogens is 1. The highest BCUT2D eigenvalue weighted by atomic mass is 16.5. The molecule has 1 unspecified atom stereocenters. The second kappa shape index (κ2) is 6.92. The number of ether oxygens (including phenoxy) is 1. The summed E-state index contributed by atoms with van der Waals surface area (Å²) in [4.78, 5) is 23.2. The average molecular weight is 341 g/mol. The number of aryl methyl sites for hydroxylation is 3. The number of nitrogens with zero attached hydrogens (tertiary/aromatic N) is 4. The van der Waals surface area contributed by atoms with Gasteiger partial charge in [0.2, 0.25) is 0 Å².